The van der Waals surface area contributed by atoms with Gasteiger partial charge in [0.15, 0.2) is 0 Å². The minimum absolute atomic E-state index is 0.177. The maximum absolute atomic E-state index is 12.7. The molecule has 2 amide bonds. The SMILES string of the molecule is NC(=O)C1CCCN(c2ccc(NC(=O)/C=C/c3ccc(S(=O)(=O)N4CCOCC4)cc3)cn2)C1. The minimum atomic E-state index is -3.55. The van der Waals surface area contributed by atoms with Crippen LogP contribution < -0.4 is 16.0 Å². The van der Waals surface area contributed by atoms with Crippen LogP contribution in [0.2, 0.25) is 0 Å². The van der Waals surface area contributed by atoms with E-state index in [0.29, 0.717) is 44.1 Å². The van der Waals surface area contributed by atoms with E-state index in [1.807, 2.05) is 4.90 Å². The first-order chi connectivity index (χ1) is 16.8. The van der Waals surface area contributed by atoms with Crippen LogP contribution in [-0.2, 0) is 24.3 Å². The van der Waals surface area contributed by atoms with Gasteiger partial charge in [0, 0.05) is 32.3 Å². The van der Waals surface area contributed by atoms with Crippen LogP contribution in [0.1, 0.15) is 18.4 Å². The summed E-state index contributed by atoms with van der Waals surface area (Å²) in [6, 6.07) is 9.95. The number of benzene rings is 1. The van der Waals surface area contributed by atoms with Crippen LogP contribution in [0.5, 0.6) is 0 Å². The normalized spacial score (nSPS) is 19.5. The fourth-order valence-corrected chi connectivity index (χ4v) is 5.52. The molecule has 2 fully saturated rings. The lowest BCUT2D eigenvalue weighted by Gasteiger charge is -2.32. The Labute approximate surface area is 204 Å². The number of sulfonamides is 1. The quantitative estimate of drug-likeness (QED) is 0.551. The van der Waals surface area contributed by atoms with Crippen molar-refractivity contribution in [2.45, 2.75) is 17.7 Å². The van der Waals surface area contributed by atoms with Gasteiger partial charge < -0.3 is 20.7 Å². The van der Waals surface area contributed by atoms with Gasteiger partial charge in [-0.3, -0.25) is 9.59 Å². The maximum atomic E-state index is 12.7. The number of ether oxygens (including phenoxy) is 1. The molecule has 0 bridgehead atoms. The molecule has 3 heterocycles. The van der Waals surface area contributed by atoms with Crippen molar-refractivity contribution in [2.24, 2.45) is 11.7 Å². The zero-order valence-corrected chi connectivity index (χ0v) is 20.1. The van der Waals surface area contributed by atoms with Crippen molar-refractivity contribution in [3.05, 3.63) is 54.2 Å². The molecule has 1 aromatic heterocycles. The lowest BCUT2D eigenvalue weighted by molar-refractivity contribution is -0.122. The van der Waals surface area contributed by atoms with Gasteiger partial charge in [0.1, 0.15) is 5.82 Å². The zero-order chi connectivity index (χ0) is 24.8. The van der Waals surface area contributed by atoms with E-state index < -0.39 is 10.0 Å². The van der Waals surface area contributed by atoms with Gasteiger partial charge in [-0.15, -0.1) is 0 Å². The van der Waals surface area contributed by atoms with E-state index in [1.165, 1.54) is 22.5 Å². The summed E-state index contributed by atoms with van der Waals surface area (Å²) in [4.78, 5) is 30.4. The highest BCUT2D eigenvalue weighted by molar-refractivity contribution is 7.89. The molecule has 11 heteroatoms. The molecule has 1 unspecified atom stereocenters. The van der Waals surface area contributed by atoms with Crippen molar-refractivity contribution in [1.29, 1.82) is 0 Å². The number of carbonyl (C=O) groups is 2. The Balaban J connectivity index is 1.32. The topological polar surface area (TPSA) is 135 Å². The van der Waals surface area contributed by atoms with Gasteiger partial charge >= 0.3 is 0 Å². The van der Waals surface area contributed by atoms with Gasteiger partial charge in [-0.1, -0.05) is 12.1 Å². The van der Waals surface area contributed by atoms with E-state index in [4.69, 9.17) is 10.5 Å². The van der Waals surface area contributed by atoms with Gasteiger partial charge in [0.05, 0.1) is 35.9 Å². The lowest BCUT2D eigenvalue weighted by Crippen LogP contribution is -2.41. The number of nitrogens with two attached hydrogens (primary N) is 1. The fourth-order valence-electron chi connectivity index (χ4n) is 4.11. The molecule has 0 radical (unpaired) electrons. The first-order valence-electron chi connectivity index (χ1n) is 11.5. The Kier molecular flexibility index (Phi) is 7.79. The molecule has 4 rings (SSSR count). The van der Waals surface area contributed by atoms with Crippen LogP contribution in [-0.4, -0.2) is 68.9 Å². The number of primary amides is 1. The second kappa shape index (κ2) is 11.0. The van der Waals surface area contributed by atoms with Gasteiger partial charge in [0.25, 0.3) is 0 Å². The van der Waals surface area contributed by atoms with Gasteiger partial charge in [-0.2, -0.15) is 4.31 Å². The van der Waals surface area contributed by atoms with Crippen LogP contribution >= 0.6 is 0 Å². The molecule has 2 aliphatic rings. The molecule has 2 aliphatic heterocycles. The second-order valence-electron chi connectivity index (χ2n) is 8.50. The Bertz CT molecular complexity index is 1180. The Hall–Kier alpha value is -3.28. The minimum Gasteiger partial charge on any atom is -0.379 e. The van der Waals surface area contributed by atoms with Gasteiger partial charge in [0.2, 0.25) is 21.8 Å². The summed E-state index contributed by atoms with van der Waals surface area (Å²) in [7, 11) is -3.55. The van der Waals surface area contributed by atoms with Crippen molar-refractivity contribution in [1.82, 2.24) is 9.29 Å². The predicted octanol–water partition coefficient (Wildman–Crippen LogP) is 1.46. The molecule has 186 valence electrons. The molecule has 2 aromatic rings. The van der Waals surface area contributed by atoms with Crippen molar-refractivity contribution < 1.29 is 22.7 Å². The van der Waals surface area contributed by atoms with Crippen molar-refractivity contribution in [2.75, 3.05) is 49.6 Å². The number of rotatable bonds is 7. The highest BCUT2D eigenvalue weighted by Crippen LogP contribution is 2.22. The molecular weight excluding hydrogens is 470 g/mol. The number of nitrogens with zero attached hydrogens (tertiary/aromatic N) is 3. The largest absolute Gasteiger partial charge is 0.379 e. The van der Waals surface area contributed by atoms with Crippen molar-refractivity contribution >= 4 is 39.4 Å². The number of hydrogen-bond acceptors (Lipinski definition) is 7. The van der Waals surface area contributed by atoms with E-state index in [1.54, 1.807) is 36.5 Å². The average molecular weight is 500 g/mol. The summed E-state index contributed by atoms with van der Waals surface area (Å²) in [5.74, 6) is -0.0738. The third-order valence-electron chi connectivity index (χ3n) is 6.08. The number of amides is 2. The number of pyridine rings is 1. The third-order valence-corrected chi connectivity index (χ3v) is 7.99. The average Bonchev–Trinajstić information content (AvgIpc) is 2.89. The molecule has 0 spiro atoms. The molecule has 0 saturated carbocycles. The standard InChI is InChI=1S/C24H29N5O5S/c25-24(31)19-2-1-11-28(17-19)22-9-6-20(16-26-22)27-23(30)10-5-18-3-7-21(8-4-18)35(32,33)29-12-14-34-15-13-29/h3-10,16,19H,1-2,11-15,17H2,(H2,25,31)(H,27,30)/b10-5+. The van der Waals surface area contributed by atoms with Crippen molar-refractivity contribution in [3.63, 3.8) is 0 Å². The molecule has 0 aliphatic carbocycles. The Morgan fingerprint density at radius 1 is 1.09 bits per heavy atom. The van der Waals surface area contributed by atoms with E-state index >= 15 is 0 Å². The lowest BCUT2D eigenvalue weighted by atomic mass is 9.97. The summed E-state index contributed by atoms with van der Waals surface area (Å²) in [5, 5.41) is 2.75. The molecule has 35 heavy (non-hydrogen) atoms. The highest BCUT2D eigenvalue weighted by atomic mass is 32.2. The van der Waals surface area contributed by atoms with Gasteiger partial charge in [-0.25, -0.2) is 13.4 Å². The summed E-state index contributed by atoms with van der Waals surface area (Å²) < 4.78 is 32.0. The number of piperidine rings is 1. The number of carbonyl (C=O) groups excluding carboxylic acids is 2. The number of hydrogen-bond donors (Lipinski definition) is 2. The summed E-state index contributed by atoms with van der Waals surface area (Å²) >= 11 is 0. The first kappa shape index (κ1) is 24.8. The zero-order valence-electron chi connectivity index (χ0n) is 19.3. The third kappa shape index (κ3) is 6.24. The fraction of sp³-hybridized carbons (Fsp3) is 0.375. The smallest absolute Gasteiger partial charge is 0.248 e. The van der Waals surface area contributed by atoms with E-state index in [0.717, 1.165) is 25.2 Å². The molecule has 1 aromatic carbocycles. The van der Waals surface area contributed by atoms with E-state index in [2.05, 4.69) is 10.3 Å². The van der Waals surface area contributed by atoms with Crippen LogP contribution in [0.3, 0.4) is 0 Å². The highest BCUT2D eigenvalue weighted by Gasteiger charge is 2.26. The van der Waals surface area contributed by atoms with E-state index in [9.17, 15) is 18.0 Å². The van der Waals surface area contributed by atoms with Crippen LogP contribution in [0.15, 0.2) is 53.6 Å². The predicted molar refractivity (Wildman–Crippen MR) is 132 cm³/mol. The summed E-state index contributed by atoms with van der Waals surface area (Å²) in [6.07, 6.45) is 6.22. The number of morpholine rings is 1. The molecular formula is C24H29N5O5S. The van der Waals surface area contributed by atoms with Crippen molar-refractivity contribution in [3.8, 4) is 0 Å². The Morgan fingerprint density at radius 3 is 2.49 bits per heavy atom. The first-order valence-corrected chi connectivity index (χ1v) is 12.9. The Morgan fingerprint density at radius 2 is 1.83 bits per heavy atom. The number of nitrogens with one attached hydrogen (secondary N) is 1. The molecule has 10 nitrogen and oxygen atoms in total. The van der Waals surface area contributed by atoms with Gasteiger partial charge in [-0.05, 0) is 48.7 Å². The van der Waals surface area contributed by atoms with Crippen LogP contribution in [0.4, 0.5) is 11.5 Å². The molecule has 1 atom stereocenters. The van der Waals surface area contributed by atoms with Crippen LogP contribution in [0, 0.1) is 5.92 Å². The monoisotopic (exact) mass is 499 g/mol. The number of aromatic nitrogens is 1. The summed E-state index contributed by atoms with van der Waals surface area (Å²) in [6.45, 7) is 2.81. The summed E-state index contributed by atoms with van der Waals surface area (Å²) in [5.41, 5.74) is 6.68. The van der Waals surface area contributed by atoms with E-state index in [-0.39, 0.29) is 22.6 Å². The number of anilines is 2. The molecule has 3 N–H and O–H groups in total. The maximum Gasteiger partial charge on any atom is 0.248 e. The van der Waals surface area contributed by atoms with Crippen LogP contribution in [0.25, 0.3) is 6.08 Å². The second-order valence-corrected chi connectivity index (χ2v) is 10.4. The molecule has 2 saturated heterocycles.